The third-order valence-electron chi connectivity index (χ3n) is 7.87. The van der Waals surface area contributed by atoms with Crippen molar-refractivity contribution < 1.29 is 71.9 Å². The second-order valence-corrected chi connectivity index (χ2v) is 13.7. The van der Waals surface area contributed by atoms with Crippen molar-refractivity contribution in [3.8, 4) is 0 Å². The number of carboxylic acid groups (broad SMARTS) is 1. The standard InChI is InChI=1S/C38H67N3O17S/c1-2-4-34(38(42)43)5-3-31-59-32-30-58-29-28-57-27-26-56-25-24-55-23-22-54-21-20-53-19-18-52-17-16-51-15-14-50-13-12-49-11-10-48-9-8-39-36-7-6-35(40(44)45)33-37(36)41(46)47/h6-7,33-34,39H,2-5,8-32H2,1H3,(H,42,43). The van der Waals surface area contributed by atoms with Crippen LogP contribution in [0.3, 0.4) is 0 Å². The van der Waals surface area contributed by atoms with E-state index in [4.69, 9.17) is 52.1 Å². The van der Waals surface area contributed by atoms with Crippen molar-refractivity contribution in [2.45, 2.75) is 32.6 Å². The number of ether oxygens (including phenoxy) is 11. The Hall–Kier alpha value is -2.80. The van der Waals surface area contributed by atoms with Gasteiger partial charge in [-0.15, -0.1) is 0 Å². The van der Waals surface area contributed by atoms with Crippen LogP contribution in [0.2, 0.25) is 0 Å². The molecule has 0 heterocycles. The number of carbonyl (C=O) groups is 1. The summed E-state index contributed by atoms with van der Waals surface area (Å²) in [6.07, 6.45) is 3.31. The van der Waals surface area contributed by atoms with Gasteiger partial charge in [0.05, 0.1) is 167 Å². The number of aliphatic carboxylic acids is 1. The average molecular weight is 870 g/mol. The van der Waals surface area contributed by atoms with Crippen molar-refractivity contribution in [2.24, 2.45) is 5.92 Å². The summed E-state index contributed by atoms with van der Waals surface area (Å²) in [5.74, 6) is 0.954. The minimum atomic E-state index is -0.683. The number of non-ortho nitro benzene ring substituents is 1. The number of nitro groups is 2. The largest absolute Gasteiger partial charge is 0.481 e. The molecule has 0 amide bonds. The maximum atomic E-state index is 11.2. The van der Waals surface area contributed by atoms with Crippen LogP contribution in [-0.4, -0.2) is 184 Å². The van der Waals surface area contributed by atoms with Gasteiger partial charge in [-0.1, -0.05) is 13.3 Å². The Morgan fingerprint density at radius 2 is 0.983 bits per heavy atom. The van der Waals surface area contributed by atoms with E-state index in [2.05, 4.69) is 5.32 Å². The lowest BCUT2D eigenvalue weighted by atomic mass is 9.99. The van der Waals surface area contributed by atoms with Gasteiger partial charge in [-0.05, 0) is 31.1 Å². The maximum Gasteiger partial charge on any atom is 0.306 e. The van der Waals surface area contributed by atoms with E-state index in [0.29, 0.717) is 139 Å². The lowest BCUT2D eigenvalue weighted by Crippen LogP contribution is -2.16. The monoisotopic (exact) mass is 869 g/mol. The zero-order valence-corrected chi connectivity index (χ0v) is 35.4. The molecular weight excluding hydrogens is 802 g/mol. The second kappa shape index (κ2) is 40.6. The molecule has 2 N–H and O–H groups in total. The van der Waals surface area contributed by atoms with E-state index in [9.17, 15) is 30.1 Å². The van der Waals surface area contributed by atoms with E-state index >= 15 is 0 Å². The first kappa shape index (κ1) is 54.2. The van der Waals surface area contributed by atoms with Gasteiger partial charge < -0.3 is 62.5 Å². The van der Waals surface area contributed by atoms with E-state index in [-0.39, 0.29) is 36.1 Å². The van der Waals surface area contributed by atoms with Gasteiger partial charge in [0.15, 0.2) is 0 Å². The van der Waals surface area contributed by atoms with E-state index in [1.807, 2.05) is 6.92 Å². The van der Waals surface area contributed by atoms with Gasteiger partial charge in [-0.25, -0.2) is 0 Å². The molecule has 342 valence electrons. The van der Waals surface area contributed by atoms with Crippen LogP contribution in [0, 0.1) is 26.1 Å². The van der Waals surface area contributed by atoms with Crippen molar-refractivity contribution in [1.82, 2.24) is 0 Å². The maximum absolute atomic E-state index is 11.2. The van der Waals surface area contributed by atoms with Crippen LogP contribution >= 0.6 is 11.8 Å². The Labute approximate surface area is 351 Å². The fourth-order valence-electron chi connectivity index (χ4n) is 4.88. The molecule has 0 aliphatic carbocycles. The smallest absolute Gasteiger partial charge is 0.306 e. The summed E-state index contributed by atoms with van der Waals surface area (Å²) in [5, 5.41) is 34.0. The Morgan fingerprint density at radius 3 is 1.34 bits per heavy atom. The number of nitro benzene ring substituents is 2. The van der Waals surface area contributed by atoms with Gasteiger partial charge in [0, 0.05) is 18.4 Å². The number of anilines is 1. The van der Waals surface area contributed by atoms with E-state index in [1.165, 1.54) is 12.1 Å². The van der Waals surface area contributed by atoms with Gasteiger partial charge >= 0.3 is 5.97 Å². The van der Waals surface area contributed by atoms with E-state index in [1.54, 1.807) is 11.8 Å². The van der Waals surface area contributed by atoms with Crippen LogP contribution in [0.1, 0.15) is 32.6 Å². The molecule has 1 aromatic rings. The minimum absolute atomic E-state index is 0.182. The van der Waals surface area contributed by atoms with Crippen LogP contribution in [0.25, 0.3) is 0 Å². The zero-order chi connectivity index (χ0) is 42.9. The molecule has 1 rings (SSSR count). The minimum Gasteiger partial charge on any atom is -0.481 e. The Morgan fingerprint density at radius 1 is 0.593 bits per heavy atom. The highest BCUT2D eigenvalue weighted by Gasteiger charge is 2.19. The van der Waals surface area contributed by atoms with Gasteiger partial charge in [0.25, 0.3) is 11.4 Å². The molecule has 0 bridgehead atoms. The van der Waals surface area contributed by atoms with Crippen LogP contribution in [0.4, 0.5) is 17.1 Å². The summed E-state index contributed by atoms with van der Waals surface area (Å²) in [6.45, 7) is 12.3. The Kier molecular flexibility index (Phi) is 37.3. The molecule has 0 fully saturated rings. The van der Waals surface area contributed by atoms with Crippen LogP contribution in [0.5, 0.6) is 0 Å². The van der Waals surface area contributed by atoms with Gasteiger partial charge in [0.2, 0.25) is 0 Å². The van der Waals surface area contributed by atoms with Crippen LogP contribution in [0.15, 0.2) is 18.2 Å². The van der Waals surface area contributed by atoms with Crippen molar-refractivity contribution in [3.63, 3.8) is 0 Å². The molecule has 0 aliphatic rings. The number of thioether (sulfide) groups is 1. The highest BCUT2D eigenvalue weighted by Crippen LogP contribution is 2.28. The Balaban J connectivity index is 1.70. The number of benzene rings is 1. The fraction of sp³-hybridized carbons (Fsp3) is 0.816. The number of rotatable bonds is 46. The highest BCUT2D eigenvalue weighted by atomic mass is 32.2. The normalized spacial score (nSPS) is 11.9. The van der Waals surface area contributed by atoms with Crippen LogP contribution in [-0.2, 0) is 56.9 Å². The molecular formula is C38H67N3O17S. The summed E-state index contributed by atoms with van der Waals surface area (Å²) in [7, 11) is 0. The summed E-state index contributed by atoms with van der Waals surface area (Å²) >= 11 is 1.79. The molecule has 1 atom stereocenters. The Bertz CT molecular complexity index is 1180. The first-order valence-electron chi connectivity index (χ1n) is 20.2. The molecule has 0 saturated carbocycles. The molecule has 0 saturated heterocycles. The third-order valence-corrected chi connectivity index (χ3v) is 8.90. The van der Waals surface area contributed by atoms with Gasteiger partial charge in [0.1, 0.15) is 5.69 Å². The van der Waals surface area contributed by atoms with Crippen molar-refractivity contribution in [2.75, 3.05) is 169 Å². The SMILES string of the molecule is CCCC(CCCSCCOCCOCCOCCOCCOCCOCCOCCOCCOCCOCCOCCNc1ccc([N+](=O)[O-])cc1[N+](=O)[O-])C(=O)O. The van der Waals surface area contributed by atoms with E-state index in [0.717, 1.165) is 43.3 Å². The van der Waals surface area contributed by atoms with E-state index < -0.39 is 15.8 Å². The quantitative estimate of drug-likeness (QED) is 0.0533. The van der Waals surface area contributed by atoms with Crippen molar-refractivity contribution in [1.29, 1.82) is 0 Å². The molecule has 21 heteroatoms. The number of nitrogens with one attached hydrogen (secondary N) is 1. The van der Waals surface area contributed by atoms with Gasteiger partial charge in [-0.2, -0.15) is 11.8 Å². The van der Waals surface area contributed by atoms with Gasteiger partial charge in [-0.3, -0.25) is 25.0 Å². The first-order chi connectivity index (χ1) is 28.9. The lowest BCUT2D eigenvalue weighted by molar-refractivity contribution is -0.393. The number of hydrogen-bond donors (Lipinski definition) is 2. The summed E-state index contributed by atoms with van der Waals surface area (Å²) < 4.78 is 60.3. The molecule has 20 nitrogen and oxygen atoms in total. The fourth-order valence-corrected chi connectivity index (χ4v) is 5.70. The molecule has 1 unspecified atom stereocenters. The molecule has 0 aliphatic heterocycles. The predicted octanol–water partition coefficient (Wildman–Crippen LogP) is 4.11. The zero-order valence-electron chi connectivity index (χ0n) is 34.6. The summed E-state index contributed by atoms with van der Waals surface area (Å²) in [6, 6.07) is 3.42. The second-order valence-electron chi connectivity index (χ2n) is 12.5. The highest BCUT2D eigenvalue weighted by molar-refractivity contribution is 7.99. The van der Waals surface area contributed by atoms with Crippen LogP contribution < -0.4 is 5.32 Å². The third kappa shape index (κ3) is 33.6. The summed E-state index contributed by atoms with van der Waals surface area (Å²) in [4.78, 5) is 31.8. The topological polar surface area (TPSA) is 237 Å². The average Bonchev–Trinajstić information content (AvgIpc) is 3.22. The number of nitrogens with zero attached hydrogens (tertiary/aromatic N) is 2. The lowest BCUT2D eigenvalue weighted by Gasteiger charge is -2.10. The molecule has 1 aromatic carbocycles. The van der Waals surface area contributed by atoms with Crippen molar-refractivity contribution >= 4 is 34.8 Å². The number of hydrogen-bond acceptors (Lipinski definition) is 18. The molecule has 0 spiro atoms. The molecule has 59 heavy (non-hydrogen) atoms. The van der Waals surface area contributed by atoms with Crippen molar-refractivity contribution in [3.05, 3.63) is 38.4 Å². The molecule has 0 aromatic heterocycles. The predicted molar refractivity (Wildman–Crippen MR) is 220 cm³/mol. The first-order valence-corrected chi connectivity index (χ1v) is 21.3. The number of carboxylic acids is 1. The molecule has 0 radical (unpaired) electrons. The summed E-state index contributed by atoms with van der Waals surface area (Å²) in [5.41, 5.74) is -0.537.